The Hall–Kier alpha value is -1.95. The van der Waals surface area contributed by atoms with Crippen LogP contribution in [0.15, 0.2) is 42.5 Å². The van der Waals surface area contributed by atoms with Crippen molar-refractivity contribution in [1.82, 2.24) is 10.2 Å². The highest BCUT2D eigenvalue weighted by molar-refractivity contribution is 6.35. The van der Waals surface area contributed by atoms with Gasteiger partial charge in [0.2, 0.25) is 5.91 Å². The lowest BCUT2D eigenvalue weighted by atomic mass is 10.1. The van der Waals surface area contributed by atoms with Crippen molar-refractivity contribution in [2.24, 2.45) is 0 Å². The smallest absolute Gasteiger partial charge is 0.234 e. The van der Waals surface area contributed by atoms with Crippen LogP contribution < -0.4 is 10.2 Å². The number of halogens is 2. The zero-order valence-electron chi connectivity index (χ0n) is 15.2. The van der Waals surface area contributed by atoms with Crippen molar-refractivity contribution in [2.75, 3.05) is 37.6 Å². The first kappa shape index (κ1) is 19.8. The van der Waals surface area contributed by atoms with Gasteiger partial charge in [-0.25, -0.2) is 0 Å². The summed E-state index contributed by atoms with van der Waals surface area (Å²) in [6.07, 6.45) is 0. The summed E-state index contributed by atoms with van der Waals surface area (Å²) in [6, 6.07) is 12.4. The molecule has 2 aromatic carbocycles. The van der Waals surface area contributed by atoms with Gasteiger partial charge in [-0.1, -0.05) is 41.4 Å². The molecule has 2 N–H and O–H groups in total. The Labute approximate surface area is 169 Å². The number of hydrogen-bond acceptors (Lipinski definition) is 4. The average molecular weight is 408 g/mol. The molecule has 0 aromatic heterocycles. The molecule has 0 aliphatic carbocycles. The Morgan fingerprint density at radius 3 is 2.52 bits per heavy atom. The highest BCUT2D eigenvalue weighted by Crippen LogP contribution is 2.27. The maximum absolute atomic E-state index is 12.4. The predicted octanol–water partition coefficient (Wildman–Crippen LogP) is 3.70. The van der Waals surface area contributed by atoms with Crippen molar-refractivity contribution in [1.29, 1.82) is 0 Å². The van der Waals surface area contributed by atoms with Crippen LogP contribution in [0.25, 0.3) is 0 Å². The molecule has 0 radical (unpaired) electrons. The molecule has 1 aliphatic heterocycles. The van der Waals surface area contributed by atoms with Gasteiger partial charge in [-0.3, -0.25) is 9.69 Å². The quantitative estimate of drug-likeness (QED) is 0.793. The second kappa shape index (κ2) is 8.83. The van der Waals surface area contributed by atoms with E-state index in [1.165, 1.54) is 0 Å². The minimum Gasteiger partial charge on any atom is -0.506 e. The van der Waals surface area contributed by atoms with E-state index < -0.39 is 0 Å². The fourth-order valence-electron chi connectivity index (χ4n) is 3.30. The summed E-state index contributed by atoms with van der Waals surface area (Å²) in [7, 11) is 0. The van der Waals surface area contributed by atoms with Gasteiger partial charge >= 0.3 is 0 Å². The van der Waals surface area contributed by atoms with Gasteiger partial charge in [-0.2, -0.15) is 0 Å². The number of carbonyl (C=O) groups excluding carboxylic acids is 1. The molecule has 0 bridgehead atoms. The topological polar surface area (TPSA) is 55.8 Å². The number of carbonyl (C=O) groups is 1. The lowest BCUT2D eigenvalue weighted by molar-refractivity contribution is -0.123. The Morgan fingerprint density at radius 2 is 1.85 bits per heavy atom. The minimum atomic E-state index is -0.190. The molecule has 0 spiro atoms. The van der Waals surface area contributed by atoms with E-state index in [1.807, 2.05) is 31.2 Å². The molecule has 5 nitrogen and oxygen atoms in total. The Morgan fingerprint density at radius 1 is 1.15 bits per heavy atom. The number of para-hydroxylation sites is 2. The molecule has 1 amide bonds. The summed E-state index contributed by atoms with van der Waals surface area (Å²) in [5, 5.41) is 14.1. The van der Waals surface area contributed by atoms with E-state index in [0.717, 1.165) is 37.4 Å². The van der Waals surface area contributed by atoms with Crippen LogP contribution in [0.5, 0.6) is 5.75 Å². The highest BCUT2D eigenvalue weighted by atomic mass is 35.5. The van der Waals surface area contributed by atoms with E-state index in [2.05, 4.69) is 15.1 Å². The van der Waals surface area contributed by atoms with Crippen LogP contribution in [-0.2, 0) is 4.79 Å². The number of rotatable bonds is 5. The summed E-state index contributed by atoms with van der Waals surface area (Å²) in [5.41, 5.74) is 1.69. The minimum absolute atomic E-state index is 0.0375. The van der Waals surface area contributed by atoms with Gasteiger partial charge in [0.05, 0.1) is 18.3 Å². The normalized spacial score (nSPS) is 16.2. The van der Waals surface area contributed by atoms with Gasteiger partial charge < -0.3 is 15.3 Å². The van der Waals surface area contributed by atoms with Gasteiger partial charge in [-0.05, 0) is 36.8 Å². The third-order valence-corrected chi connectivity index (χ3v) is 5.33. The maximum atomic E-state index is 12.4. The van der Waals surface area contributed by atoms with Crippen LogP contribution in [0, 0.1) is 0 Å². The van der Waals surface area contributed by atoms with E-state index in [1.54, 1.807) is 18.2 Å². The number of benzene rings is 2. The van der Waals surface area contributed by atoms with Gasteiger partial charge in [0.25, 0.3) is 0 Å². The third kappa shape index (κ3) is 5.06. The van der Waals surface area contributed by atoms with Gasteiger partial charge in [-0.15, -0.1) is 0 Å². The molecule has 7 heteroatoms. The fourth-order valence-corrected chi connectivity index (χ4v) is 3.87. The zero-order chi connectivity index (χ0) is 19.4. The highest BCUT2D eigenvalue weighted by Gasteiger charge is 2.21. The number of phenolic OH excluding ortho intramolecular Hbond substituents is 1. The Kier molecular flexibility index (Phi) is 6.47. The average Bonchev–Trinajstić information content (AvgIpc) is 2.62. The van der Waals surface area contributed by atoms with Crippen LogP contribution >= 0.6 is 23.2 Å². The van der Waals surface area contributed by atoms with E-state index in [4.69, 9.17) is 23.2 Å². The van der Waals surface area contributed by atoms with Crippen molar-refractivity contribution < 1.29 is 9.90 Å². The first-order valence-electron chi connectivity index (χ1n) is 8.93. The molecule has 1 fully saturated rings. The molecule has 1 heterocycles. The number of piperazine rings is 1. The van der Waals surface area contributed by atoms with Crippen LogP contribution in [0.2, 0.25) is 10.0 Å². The van der Waals surface area contributed by atoms with Crippen molar-refractivity contribution in [2.45, 2.75) is 13.0 Å². The first-order valence-corrected chi connectivity index (χ1v) is 9.69. The second-order valence-electron chi connectivity index (χ2n) is 6.71. The summed E-state index contributed by atoms with van der Waals surface area (Å²) in [4.78, 5) is 16.7. The zero-order valence-corrected chi connectivity index (χ0v) is 16.7. The molecule has 27 heavy (non-hydrogen) atoms. The van der Waals surface area contributed by atoms with Crippen molar-refractivity contribution in [3.8, 4) is 5.75 Å². The summed E-state index contributed by atoms with van der Waals surface area (Å²) >= 11 is 12.1. The third-order valence-electron chi connectivity index (χ3n) is 4.77. The molecule has 3 rings (SSSR count). The largest absolute Gasteiger partial charge is 0.506 e. The molecular weight excluding hydrogens is 385 g/mol. The number of nitrogens with one attached hydrogen (secondary N) is 1. The molecule has 1 aliphatic rings. The van der Waals surface area contributed by atoms with E-state index in [9.17, 15) is 9.90 Å². The second-order valence-corrected chi connectivity index (χ2v) is 7.55. The summed E-state index contributed by atoms with van der Waals surface area (Å²) in [6.45, 7) is 5.30. The molecule has 0 unspecified atom stereocenters. The number of anilines is 1. The Bertz CT molecular complexity index is 808. The van der Waals surface area contributed by atoms with Gasteiger partial charge in [0.15, 0.2) is 0 Å². The SMILES string of the molecule is C[C@@H](NC(=O)CN1CCN(c2ccccc2O)CC1)c1ccc(Cl)cc1Cl. The number of hydrogen-bond donors (Lipinski definition) is 2. The molecular formula is C20H23Cl2N3O2. The lowest BCUT2D eigenvalue weighted by Gasteiger charge is -2.36. The number of amides is 1. The summed E-state index contributed by atoms with van der Waals surface area (Å²) < 4.78 is 0. The first-order chi connectivity index (χ1) is 12.9. The van der Waals surface area contributed by atoms with Crippen molar-refractivity contribution >= 4 is 34.8 Å². The van der Waals surface area contributed by atoms with Crippen molar-refractivity contribution in [3.63, 3.8) is 0 Å². The monoisotopic (exact) mass is 407 g/mol. The van der Waals surface area contributed by atoms with Gasteiger partial charge in [0.1, 0.15) is 5.75 Å². The molecule has 2 aromatic rings. The molecule has 0 saturated carbocycles. The number of nitrogens with zero attached hydrogens (tertiary/aromatic N) is 2. The molecule has 1 saturated heterocycles. The maximum Gasteiger partial charge on any atom is 0.234 e. The van der Waals surface area contributed by atoms with Gasteiger partial charge in [0, 0.05) is 36.2 Å². The molecule has 144 valence electrons. The summed E-state index contributed by atoms with van der Waals surface area (Å²) in [5.74, 6) is 0.252. The van der Waals surface area contributed by atoms with Crippen molar-refractivity contribution in [3.05, 3.63) is 58.1 Å². The van der Waals surface area contributed by atoms with Crippen LogP contribution in [0.1, 0.15) is 18.5 Å². The lowest BCUT2D eigenvalue weighted by Crippen LogP contribution is -2.49. The standard InChI is InChI=1S/C20H23Cl2N3O2/c1-14(16-7-6-15(21)12-17(16)22)23-20(27)13-24-8-10-25(11-9-24)18-4-2-3-5-19(18)26/h2-7,12,14,26H,8-11,13H2,1H3,(H,23,27)/t14-/m1/s1. The Balaban J connectivity index is 1.50. The number of phenols is 1. The number of aromatic hydroxyl groups is 1. The van der Waals surface area contributed by atoms with E-state index in [-0.39, 0.29) is 17.7 Å². The molecule has 1 atom stereocenters. The van der Waals surface area contributed by atoms with Crippen LogP contribution in [-0.4, -0.2) is 48.6 Å². The van der Waals surface area contributed by atoms with E-state index in [0.29, 0.717) is 16.6 Å². The van der Waals surface area contributed by atoms with Crippen LogP contribution in [0.3, 0.4) is 0 Å². The fraction of sp³-hybridized carbons (Fsp3) is 0.350. The van der Waals surface area contributed by atoms with Crippen LogP contribution in [0.4, 0.5) is 5.69 Å². The van der Waals surface area contributed by atoms with E-state index >= 15 is 0 Å². The predicted molar refractivity (Wildman–Crippen MR) is 110 cm³/mol.